The summed E-state index contributed by atoms with van der Waals surface area (Å²) < 4.78 is 5.19. The first-order valence-corrected chi connectivity index (χ1v) is 8.88. The number of furan rings is 1. The summed E-state index contributed by atoms with van der Waals surface area (Å²) in [6.45, 7) is 8.21. The predicted octanol–water partition coefficient (Wildman–Crippen LogP) is 3.05. The fourth-order valence-electron chi connectivity index (χ4n) is 2.44. The Labute approximate surface area is 178 Å². The number of nitrogens with one attached hydrogen (secondary N) is 3. The van der Waals surface area contributed by atoms with E-state index in [1.165, 1.54) is 5.56 Å². The molecule has 0 spiro atoms. The minimum Gasteiger partial charge on any atom is -0.467 e. The normalized spacial score (nSPS) is 11.4. The Morgan fingerprint density at radius 3 is 2.44 bits per heavy atom. The summed E-state index contributed by atoms with van der Waals surface area (Å²) in [4.78, 5) is 16.3. The van der Waals surface area contributed by atoms with E-state index in [4.69, 9.17) is 4.42 Å². The molecule has 1 aromatic carbocycles. The first kappa shape index (κ1) is 23.0. The molecule has 148 valence electrons. The molecule has 7 heteroatoms. The van der Waals surface area contributed by atoms with Crippen LogP contribution in [0.1, 0.15) is 32.1 Å². The summed E-state index contributed by atoms with van der Waals surface area (Å²) in [6, 6.07) is 13.9. The van der Waals surface area contributed by atoms with Crippen LogP contribution in [-0.2, 0) is 16.8 Å². The fourth-order valence-corrected chi connectivity index (χ4v) is 2.44. The van der Waals surface area contributed by atoms with Crippen LogP contribution >= 0.6 is 24.0 Å². The van der Waals surface area contributed by atoms with E-state index in [1.54, 1.807) is 12.3 Å². The van der Waals surface area contributed by atoms with Gasteiger partial charge in [0.15, 0.2) is 5.96 Å². The van der Waals surface area contributed by atoms with Crippen molar-refractivity contribution in [1.82, 2.24) is 16.0 Å². The molecule has 0 saturated heterocycles. The zero-order valence-corrected chi connectivity index (χ0v) is 18.4. The molecule has 0 atom stereocenters. The van der Waals surface area contributed by atoms with Crippen LogP contribution in [0.15, 0.2) is 58.1 Å². The second-order valence-electron chi connectivity index (χ2n) is 6.65. The maximum absolute atomic E-state index is 12.0. The number of halogens is 1. The SMILES string of the molecule is CCNC(=NCC(=O)NCc1ccco1)NCC(C)(C)c1ccccc1.I. The van der Waals surface area contributed by atoms with E-state index in [9.17, 15) is 4.79 Å². The maximum atomic E-state index is 12.0. The molecule has 0 aliphatic rings. The van der Waals surface area contributed by atoms with Gasteiger partial charge in [0.1, 0.15) is 12.3 Å². The third-order valence-electron chi connectivity index (χ3n) is 4.02. The van der Waals surface area contributed by atoms with Crippen molar-refractivity contribution in [3.05, 3.63) is 60.1 Å². The van der Waals surface area contributed by atoms with E-state index in [-0.39, 0.29) is 41.8 Å². The molecule has 3 N–H and O–H groups in total. The first-order valence-electron chi connectivity index (χ1n) is 8.88. The number of aliphatic imine (C=N–C) groups is 1. The molecule has 1 aromatic heterocycles. The molecule has 1 amide bonds. The van der Waals surface area contributed by atoms with Gasteiger partial charge in [-0.3, -0.25) is 4.79 Å². The Balaban J connectivity index is 0.00000364. The average molecular weight is 484 g/mol. The van der Waals surface area contributed by atoms with E-state index in [0.717, 1.165) is 12.3 Å². The van der Waals surface area contributed by atoms with Crippen molar-refractivity contribution in [2.24, 2.45) is 4.99 Å². The summed E-state index contributed by atoms with van der Waals surface area (Å²) in [5.41, 5.74) is 1.19. The van der Waals surface area contributed by atoms with Crippen molar-refractivity contribution in [2.45, 2.75) is 32.7 Å². The third-order valence-corrected chi connectivity index (χ3v) is 4.02. The summed E-state index contributed by atoms with van der Waals surface area (Å²) in [6.07, 6.45) is 1.58. The number of guanidine groups is 1. The highest BCUT2D eigenvalue weighted by molar-refractivity contribution is 14.0. The van der Waals surface area contributed by atoms with Gasteiger partial charge in [0.25, 0.3) is 0 Å². The van der Waals surface area contributed by atoms with Crippen LogP contribution in [0.5, 0.6) is 0 Å². The molecule has 0 aliphatic carbocycles. The number of carbonyl (C=O) groups is 1. The molecular weight excluding hydrogens is 455 g/mol. The molecule has 0 bridgehead atoms. The summed E-state index contributed by atoms with van der Waals surface area (Å²) >= 11 is 0. The van der Waals surface area contributed by atoms with Gasteiger partial charge in [0.2, 0.25) is 5.91 Å². The largest absolute Gasteiger partial charge is 0.467 e. The van der Waals surface area contributed by atoms with Gasteiger partial charge in [0.05, 0.1) is 12.8 Å². The van der Waals surface area contributed by atoms with Crippen LogP contribution in [0.4, 0.5) is 0 Å². The van der Waals surface area contributed by atoms with Gasteiger partial charge in [0, 0.05) is 18.5 Å². The van der Waals surface area contributed by atoms with Crippen molar-refractivity contribution in [3.63, 3.8) is 0 Å². The van der Waals surface area contributed by atoms with E-state index in [0.29, 0.717) is 19.0 Å². The highest BCUT2D eigenvalue weighted by atomic mass is 127. The molecular formula is C20H29IN4O2. The topological polar surface area (TPSA) is 78.7 Å². The number of amides is 1. The zero-order valence-electron chi connectivity index (χ0n) is 16.1. The van der Waals surface area contributed by atoms with Crippen molar-refractivity contribution in [2.75, 3.05) is 19.6 Å². The number of carbonyl (C=O) groups excluding carboxylic acids is 1. The second kappa shape index (κ2) is 11.6. The van der Waals surface area contributed by atoms with E-state index in [2.05, 4.69) is 46.9 Å². The molecule has 2 aromatic rings. The molecule has 0 radical (unpaired) electrons. The lowest BCUT2D eigenvalue weighted by molar-refractivity contribution is -0.119. The Morgan fingerprint density at radius 1 is 1.07 bits per heavy atom. The summed E-state index contributed by atoms with van der Waals surface area (Å²) in [5.74, 6) is 1.20. The molecule has 1 heterocycles. The number of hydrogen-bond donors (Lipinski definition) is 3. The van der Waals surface area contributed by atoms with Gasteiger partial charge in [-0.05, 0) is 24.6 Å². The minimum absolute atomic E-state index is 0. The Morgan fingerprint density at radius 2 is 1.81 bits per heavy atom. The Bertz CT molecular complexity index is 700. The molecule has 6 nitrogen and oxygen atoms in total. The predicted molar refractivity (Wildman–Crippen MR) is 119 cm³/mol. The van der Waals surface area contributed by atoms with Crippen LogP contribution in [-0.4, -0.2) is 31.5 Å². The van der Waals surface area contributed by atoms with Crippen molar-refractivity contribution >= 4 is 35.8 Å². The lowest BCUT2D eigenvalue weighted by Gasteiger charge is -2.26. The van der Waals surface area contributed by atoms with Crippen LogP contribution in [0.2, 0.25) is 0 Å². The monoisotopic (exact) mass is 484 g/mol. The van der Waals surface area contributed by atoms with E-state index >= 15 is 0 Å². The first-order chi connectivity index (χ1) is 12.5. The minimum atomic E-state index is -0.152. The number of benzene rings is 1. The zero-order chi connectivity index (χ0) is 18.8. The number of nitrogens with zero attached hydrogens (tertiary/aromatic N) is 1. The van der Waals surface area contributed by atoms with Gasteiger partial charge < -0.3 is 20.4 Å². The fraction of sp³-hybridized carbons (Fsp3) is 0.400. The standard InChI is InChI=1S/C20H28N4O2.HI/c1-4-21-19(23-14-18(25)22-13-17-11-8-12-26-17)24-15-20(2,3)16-9-6-5-7-10-16;/h5-12H,4,13-15H2,1-3H3,(H,22,25)(H2,21,23,24);1H. The van der Waals surface area contributed by atoms with Crippen molar-refractivity contribution in [1.29, 1.82) is 0 Å². The highest BCUT2D eigenvalue weighted by Gasteiger charge is 2.20. The molecule has 0 unspecified atom stereocenters. The molecule has 0 aliphatic heterocycles. The lowest BCUT2D eigenvalue weighted by atomic mass is 9.85. The summed E-state index contributed by atoms with van der Waals surface area (Å²) in [5, 5.41) is 9.28. The molecule has 0 saturated carbocycles. The van der Waals surface area contributed by atoms with Gasteiger partial charge in [-0.2, -0.15) is 0 Å². The van der Waals surface area contributed by atoms with Crippen LogP contribution in [0.25, 0.3) is 0 Å². The van der Waals surface area contributed by atoms with Crippen molar-refractivity contribution < 1.29 is 9.21 Å². The van der Waals surface area contributed by atoms with E-state index < -0.39 is 0 Å². The number of hydrogen-bond acceptors (Lipinski definition) is 3. The molecule has 2 rings (SSSR count). The van der Waals surface area contributed by atoms with Gasteiger partial charge >= 0.3 is 0 Å². The number of rotatable bonds is 8. The Hall–Kier alpha value is -2.03. The van der Waals surface area contributed by atoms with Gasteiger partial charge in [-0.1, -0.05) is 44.2 Å². The Kier molecular flexibility index (Phi) is 9.92. The van der Waals surface area contributed by atoms with Crippen molar-refractivity contribution in [3.8, 4) is 0 Å². The molecule has 27 heavy (non-hydrogen) atoms. The highest BCUT2D eigenvalue weighted by Crippen LogP contribution is 2.21. The maximum Gasteiger partial charge on any atom is 0.242 e. The lowest BCUT2D eigenvalue weighted by Crippen LogP contribution is -2.44. The third kappa shape index (κ3) is 8.03. The average Bonchev–Trinajstić information content (AvgIpc) is 3.16. The van der Waals surface area contributed by atoms with Crippen LogP contribution < -0.4 is 16.0 Å². The van der Waals surface area contributed by atoms with Crippen LogP contribution in [0.3, 0.4) is 0 Å². The van der Waals surface area contributed by atoms with E-state index in [1.807, 2.05) is 31.2 Å². The quantitative estimate of drug-likeness (QED) is 0.306. The van der Waals surface area contributed by atoms with Crippen LogP contribution in [0, 0.1) is 0 Å². The van der Waals surface area contributed by atoms with Gasteiger partial charge in [-0.15, -0.1) is 24.0 Å². The smallest absolute Gasteiger partial charge is 0.242 e. The molecule has 0 fully saturated rings. The van der Waals surface area contributed by atoms with Gasteiger partial charge in [-0.25, -0.2) is 4.99 Å². The second-order valence-corrected chi connectivity index (χ2v) is 6.65. The summed E-state index contributed by atoms with van der Waals surface area (Å²) in [7, 11) is 0.